The fraction of sp³-hybridized carbons (Fsp3) is 0.615. The minimum Gasteiger partial charge on any atom is -0.368 e. The van der Waals surface area contributed by atoms with Gasteiger partial charge in [-0.2, -0.15) is 11.8 Å². The Bertz CT molecular complexity index is 450. The van der Waals surface area contributed by atoms with Crippen molar-refractivity contribution in [3.63, 3.8) is 0 Å². The highest BCUT2D eigenvalue weighted by Crippen LogP contribution is 2.38. The quantitative estimate of drug-likeness (QED) is 0.667. The third-order valence-electron chi connectivity index (χ3n) is 3.73. The van der Waals surface area contributed by atoms with Crippen LogP contribution < -0.4 is 5.32 Å². The molecule has 0 atom stereocenters. The van der Waals surface area contributed by atoms with Gasteiger partial charge in [-0.3, -0.25) is 4.79 Å². The van der Waals surface area contributed by atoms with Crippen molar-refractivity contribution in [2.24, 2.45) is 0 Å². The lowest BCUT2D eigenvalue weighted by Crippen LogP contribution is -2.36. The first-order valence-electron chi connectivity index (χ1n) is 6.45. The molecule has 0 bridgehead atoms. The molecule has 0 aliphatic heterocycles. The summed E-state index contributed by atoms with van der Waals surface area (Å²) in [5.41, 5.74) is 0.344. The van der Waals surface area contributed by atoms with Crippen LogP contribution in [0, 0.1) is 0 Å². The third kappa shape index (κ3) is 3.39. The van der Waals surface area contributed by atoms with Gasteiger partial charge in [0.1, 0.15) is 17.3 Å². The summed E-state index contributed by atoms with van der Waals surface area (Å²) in [6.07, 6.45) is 10.5. The molecule has 104 valence electrons. The highest BCUT2D eigenvalue weighted by atomic mass is 35.5. The fourth-order valence-corrected chi connectivity index (χ4v) is 3.60. The smallest absolute Gasteiger partial charge is 0.156 e. The second-order valence-electron chi connectivity index (χ2n) is 4.85. The van der Waals surface area contributed by atoms with E-state index in [9.17, 15) is 4.79 Å². The predicted octanol–water partition coefficient (Wildman–Crippen LogP) is 3.42. The normalized spacial score (nSPS) is 18.0. The van der Waals surface area contributed by atoms with Crippen molar-refractivity contribution in [3.05, 3.63) is 17.0 Å². The number of anilines is 1. The van der Waals surface area contributed by atoms with E-state index in [0.29, 0.717) is 17.7 Å². The maximum Gasteiger partial charge on any atom is 0.156 e. The van der Waals surface area contributed by atoms with E-state index in [1.165, 1.54) is 38.4 Å². The molecule has 1 aromatic rings. The lowest BCUT2D eigenvalue weighted by Gasteiger charge is -2.36. The van der Waals surface area contributed by atoms with Gasteiger partial charge < -0.3 is 5.32 Å². The molecule has 0 spiro atoms. The molecule has 1 aliphatic carbocycles. The molecule has 1 aliphatic rings. The van der Waals surface area contributed by atoms with Crippen LogP contribution in [0.1, 0.15) is 42.5 Å². The lowest BCUT2D eigenvalue weighted by atomic mass is 9.88. The molecule has 1 heterocycles. The number of halogens is 1. The van der Waals surface area contributed by atoms with Gasteiger partial charge in [0, 0.05) is 11.3 Å². The first-order valence-corrected chi connectivity index (χ1v) is 8.06. The minimum absolute atomic E-state index is 0.203. The van der Waals surface area contributed by atoms with Crippen molar-refractivity contribution >= 4 is 35.5 Å². The average Bonchev–Trinajstić information content (AvgIpc) is 2.46. The van der Waals surface area contributed by atoms with Gasteiger partial charge >= 0.3 is 0 Å². The number of nitrogens with zero attached hydrogens (tertiary/aromatic N) is 2. The summed E-state index contributed by atoms with van der Waals surface area (Å²) < 4.78 is 0.246. The van der Waals surface area contributed by atoms with Crippen LogP contribution in [0.15, 0.2) is 6.33 Å². The Kier molecular flexibility index (Phi) is 5.05. The van der Waals surface area contributed by atoms with Gasteiger partial charge in [0.25, 0.3) is 0 Å². The van der Waals surface area contributed by atoms with Crippen LogP contribution >= 0.6 is 23.4 Å². The summed E-state index contributed by atoms with van der Waals surface area (Å²) >= 11 is 7.79. The summed E-state index contributed by atoms with van der Waals surface area (Å²) in [5, 5.41) is 3.48. The molecule has 1 aromatic heterocycles. The Balaban J connectivity index is 2.09. The molecule has 19 heavy (non-hydrogen) atoms. The van der Waals surface area contributed by atoms with E-state index in [-0.39, 0.29) is 9.90 Å². The molecule has 2 rings (SSSR count). The van der Waals surface area contributed by atoms with E-state index >= 15 is 0 Å². The van der Waals surface area contributed by atoms with Crippen LogP contribution in [0.3, 0.4) is 0 Å². The molecule has 4 nitrogen and oxygen atoms in total. The van der Waals surface area contributed by atoms with Crippen molar-refractivity contribution in [1.82, 2.24) is 9.97 Å². The second kappa shape index (κ2) is 6.57. The summed E-state index contributed by atoms with van der Waals surface area (Å²) in [6, 6.07) is 0. The molecule has 1 N–H and O–H groups in total. The maximum absolute atomic E-state index is 11.0. The molecule has 0 amide bonds. The SMILES string of the molecule is CSC1(CNc2ncnc(Cl)c2C=O)CCCCC1. The van der Waals surface area contributed by atoms with E-state index in [0.717, 1.165) is 6.54 Å². The van der Waals surface area contributed by atoms with Gasteiger partial charge in [-0.25, -0.2) is 9.97 Å². The van der Waals surface area contributed by atoms with Crippen LogP contribution in [-0.4, -0.2) is 33.8 Å². The van der Waals surface area contributed by atoms with E-state index in [4.69, 9.17) is 11.6 Å². The number of hydrogen-bond acceptors (Lipinski definition) is 5. The van der Waals surface area contributed by atoms with Crippen molar-refractivity contribution < 1.29 is 4.79 Å². The molecule has 1 saturated carbocycles. The Morgan fingerprint density at radius 3 is 2.79 bits per heavy atom. The number of aldehydes is 1. The molecule has 6 heteroatoms. The number of thioether (sulfide) groups is 1. The number of nitrogens with one attached hydrogen (secondary N) is 1. The zero-order chi connectivity index (χ0) is 13.7. The van der Waals surface area contributed by atoms with Crippen LogP contribution in [0.5, 0.6) is 0 Å². The van der Waals surface area contributed by atoms with E-state index in [2.05, 4.69) is 21.5 Å². The van der Waals surface area contributed by atoms with E-state index in [1.807, 2.05) is 11.8 Å². The van der Waals surface area contributed by atoms with Gasteiger partial charge in [0.2, 0.25) is 0 Å². The number of carbonyl (C=O) groups excluding carboxylic acids is 1. The zero-order valence-corrected chi connectivity index (χ0v) is 12.6. The monoisotopic (exact) mass is 299 g/mol. The molecule has 1 fully saturated rings. The highest BCUT2D eigenvalue weighted by molar-refractivity contribution is 8.00. The largest absolute Gasteiger partial charge is 0.368 e. The summed E-state index contributed by atoms with van der Waals surface area (Å²) in [6.45, 7) is 0.808. The van der Waals surface area contributed by atoms with Crippen molar-refractivity contribution in [2.75, 3.05) is 18.1 Å². The molecule has 0 aromatic carbocycles. The van der Waals surface area contributed by atoms with Crippen LogP contribution in [-0.2, 0) is 0 Å². The fourth-order valence-electron chi connectivity index (χ4n) is 2.51. The van der Waals surface area contributed by atoms with Gasteiger partial charge in [0.15, 0.2) is 6.29 Å². The summed E-state index contributed by atoms with van der Waals surface area (Å²) in [5.74, 6) is 0.536. The Morgan fingerprint density at radius 2 is 2.16 bits per heavy atom. The molecular weight excluding hydrogens is 282 g/mol. The van der Waals surface area contributed by atoms with Crippen LogP contribution in [0.25, 0.3) is 0 Å². The maximum atomic E-state index is 11.0. The standard InChI is InChI=1S/C13H18ClN3OS/c1-19-13(5-3-2-4-6-13)8-15-12-10(7-18)11(14)16-9-17-12/h7,9H,2-6,8H2,1H3,(H,15,16,17). The van der Waals surface area contributed by atoms with E-state index in [1.54, 1.807) is 0 Å². The van der Waals surface area contributed by atoms with Crippen LogP contribution in [0.4, 0.5) is 5.82 Å². The number of carbonyl (C=O) groups is 1. The van der Waals surface area contributed by atoms with Gasteiger partial charge in [-0.15, -0.1) is 0 Å². The molecule has 0 unspecified atom stereocenters. The number of hydrogen-bond donors (Lipinski definition) is 1. The average molecular weight is 300 g/mol. The summed E-state index contributed by atoms with van der Waals surface area (Å²) in [4.78, 5) is 19.0. The predicted molar refractivity (Wildman–Crippen MR) is 80.3 cm³/mol. The van der Waals surface area contributed by atoms with Crippen molar-refractivity contribution in [2.45, 2.75) is 36.9 Å². The first-order chi connectivity index (χ1) is 9.21. The van der Waals surface area contributed by atoms with Crippen molar-refractivity contribution in [3.8, 4) is 0 Å². The Labute approximate surface area is 122 Å². The van der Waals surface area contributed by atoms with Crippen LogP contribution in [0.2, 0.25) is 5.15 Å². The second-order valence-corrected chi connectivity index (χ2v) is 6.48. The number of aromatic nitrogens is 2. The molecule has 0 radical (unpaired) electrons. The number of rotatable bonds is 5. The Hall–Kier alpha value is -0.810. The third-order valence-corrected chi connectivity index (χ3v) is 5.45. The molecule has 0 saturated heterocycles. The van der Waals surface area contributed by atoms with E-state index < -0.39 is 0 Å². The first kappa shape index (κ1) is 14.6. The lowest BCUT2D eigenvalue weighted by molar-refractivity contribution is 0.112. The molecular formula is C13H18ClN3OS. The van der Waals surface area contributed by atoms with Gasteiger partial charge in [-0.05, 0) is 19.1 Å². The Morgan fingerprint density at radius 1 is 1.42 bits per heavy atom. The van der Waals surface area contributed by atoms with Gasteiger partial charge in [0.05, 0.1) is 5.56 Å². The topological polar surface area (TPSA) is 54.9 Å². The minimum atomic E-state index is 0.203. The highest BCUT2D eigenvalue weighted by Gasteiger charge is 2.31. The van der Waals surface area contributed by atoms with Gasteiger partial charge in [-0.1, -0.05) is 30.9 Å². The summed E-state index contributed by atoms with van der Waals surface area (Å²) in [7, 11) is 0. The zero-order valence-electron chi connectivity index (χ0n) is 11.0. The van der Waals surface area contributed by atoms with Crippen molar-refractivity contribution in [1.29, 1.82) is 0 Å².